The van der Waals surface area contributed by atoms with Crippen LogP contribution in [-0.4, -0.2) is 46.0 Å². The second-order valence-corrected chi connectivity index (χ2v) is 6.66. The summed E-state index contributed by atoms with van der Waals surface area (Å²) in [6.45, 7) is 3.02. The van der Waals surface area contributed by atoms with Gasteiger partial charge in [0.15, 0.2) is 0 Å². The molecular formula is C13H21NO3S. The quantitative estimate of drug-likeness (QED) is 0.849. The summed E-state index contributed by atoms with van der Waals surface area (Å²) in [6.07, 6.45) is 4.19. The molecule has 18 heavy (non-hydrogen) atoms. The van der Waals surface area contributed by atoms with Crippen LogP contribution in [0.1, 0.15) is 39.0 Å². The highest BCUT2D eigenvalue weighted by Crippen LogP contribution is 2.37. The Morgan fingerprint density at radius 1 is 1.50 bits per heavy atom. The Balaban J connectivity index is 2.01. The van der Waals surface area contributed by atoms with Crippen molar-refractivity contribution in [2.24, 2.45) is 5.41 Å². The molecule has 0 bridgehead atoms. The van der Waals surface area contributed by atoms with Crippen molar-refractivity contribution >= 4 is 23.6 Å². The van der Waals surface area contributed by atoms with Crippen LogP contribution in [0.4, 0.5) is 0 Å². The average molecular weight is 271 g/mol. The number of nitrogens with zero attached hydrogens (tertiary/aromatic N) is 1. The van der Waals surface area contributed by atoms with Gasteiger partial charge in [-0.25, -0.2) is 0 Å². The first-order valence-electron chi connectivity index (χ1n) is 6.73. The van der Waals surface area contributed by atoms with Gasteiger partial charge in [0, 0.05) is 13.1 Å². The van der Waals surface area contributed by atoms with Gasteiger partial charge in [-0.05, 0) is 31.4 Å². The van der Waals surface area contributed by atoms with E-state index in [0.29, 0.717) is 25.9 Å². The molecule has 0 radical (unpaired) electrons. The van der Waals surface area contributed by atoms with Crippen LogP contribution in [0, 0.1) is 5.41 Å². The smallest absolute Gasteiger partial charge is 0.311 e. The number of hydrogen-bond donors (Lipinski definition) is 1. The molecule has 1 amide bonds. The molecule has 2 rings (SSSR count). The minimum atomic E-state index is -0.737. The molecule has 2 unspecified atom stereocenters. The molecular weight excluding hydrogens is 250 g/mol. The fourth-order valence-electron chi connectivity index (χ4n) is 3.00. The Morgan fingerprint density at radius 3 is 2.83 bits per heavy atom. The molecule has 2 aliphatic rings. The maximum Gasteiger partial charge on any atom is 0.311 e. The van der Waals surface area contributed by atoms with Crippen molar-refractivity contribution in [3.63, 3.8) is 0 Å². The lowest BCUT2D eigenvalue weighted by atomic mass is 9.83. The SMILES string of the molecule is CCCC1(C(=O)O)CCN(C(=O)C2CCCS2)C1. The third-order valence-corrected chi connectivity index (χ3v) is 5.42. The summed E-state index contributed by atoms with van der Waals surface area (Å²) in [5.74, 6) is 0.485. The summed E-state index contributed by atoms with van der Waals surface area (Å²) in [5, 5.41) is 9.50. The molecule has 1 N–H and O–H groups in total. The average Bonchev–Trinajstić information content (AvgIpc) is 2.98. The monoisotopic (exact) mass is 271 g/mol. The normalized spacial score (nSPS) is 31.8. The predicted octanol–water partition coefficient (Wildman–Crippen LogP) is 1.99. The highest BCUT2D eigenvalue weighted by atomic mass is 32.2. The van der Waals surface area contributed by atoms with Crippen LogP contribution in [0.25, 0.3) is 0 Å². The Labute approximate surface area is 112 Å². The van der Waals surface area contributed by atoms with E-state index in [1.54, 1.807) is 16.7 Å². The number of aliphatic carboxylic acids is 1. The number of thioether (sulfide) groups is 1. The fraction of sp³-hybridized carbons (Fsp3) is 0.846. The molecule has 0 saturated carbocycles. The van der Waals surface area contributed by atoms with E-state index in [9.17, 15) is 14.7 Å². The first-order valence-corrected chi connectivity index (χ1v) is 7.78. The zero-order valence-corrected chi connectivity index (χ0v) is 11.7. The highest BCUT2D eigenvalue weighted by molar-refractivity contribution is 8.00. The predicted molar refractivity (Wildman–Crippen MR) is 71.7 cm³/mol. The lowest BCUT2D eigenvalue weighted by Gasteiger charge is -2.25. The molecule has 2 heterocycles. The van der Waals surface area contributed by atoms with Crippen molar-refractivity contribution in [1.82, 2.24) is 4.90 Å². The maximum absolute atomic E-state index is 12.3. The summed E-state index contributed by atoms with van der Waals surface area (Å²) >= 11 is 1.72. The summed E-state index contributed by atoms with van der Waals surface area (Å²) in [6, 6.07) is 0. The summed E-state index contributed by atoms with van der Waals surface area (Å²) in [7, 11) is 0. The van der Waals surface area contributed by atoms with Gasteiger partial charge in [0.2, 0.25) is 5.91 Å². The zero-order valence-electron chi connectivity index (χ0n) is 10.9. The van der Waals surface area contributed by atoms with Gasteiger partial charge in [-0.2, -0.15) is 0 Å². The van der Waals surface area contributed by atoms with Gasteiger partial charge in [-0.15, -0.1) is 11.8 Å². The van der Waals surface area contributed by atoms with Gasteiger partial charge >= 0.3 is 5.97 Å². The van der Waals surface area contributed by atoms with Gasteiger partial charge < -0.3 is 10.0 Å². The largest absolute Gasteiger partial charge is 0.481 e. The molecule has 0 aliphatic carbocycles. The van der Waals surface area contributed by atoms with Crippen LogP contribution in [0.2, 0.25) is 0 Å². The molecule has 102 valence electrons. The van der Waals surface area contributed by atoms with Crippen molar-refractivity contribution in [2.45, 2.75) is 44.3 Å². The number of amides is 1. The minimum Gasteiger partial charge on any atom is -0.481 e. The lowest BCUT2D eigenvalue weighted by Crippen LogP contribution is -2.39. The van der Waals surface area contributed by atoms with Crippen LogP contribution in [0.3, 0.4) is 0 Å². The second kappa shape index (κ2) is 5.51. The van der Waals surface area contributed by atoms with Crippen molar-refractivity contribution in [1.29, 1.82) is 0 Å². The summed E-state index contributed by atoms with van der Waals surface area (Å²) in [5.41, 5.74) is -0.687. The number of carbonyl (C=O) groups is 2. The molecule has 0 spiro atoms. The molecule has 2 fully saturated rings. The van der Waals surface area contributed by atoms with E-state index in [1.807, 2.05) is 6.92 Å². The zero-order chi connectivity index (χ0) is 13.2. The Hall–Kier alpha value is -0.710. The second-order valence-electron chi connectivity index (χ2n) is 5.35. The third kappa shape index (κ3) is 2.51. The fourth-order valence-corrected chi connectivity index (χ4v) is 4.24. The molecule has 4 nitrogen and oxygen atoms in total. The number of rotatable bonds is 4. The molecule has 0 aromatic heterocycles. The maximum atomic E-state index is 12.3. The third-order valence-electron chi connectivity index (χ3n) is 4.05. The molecule has 5 heteroatoms. The van der Waals surface area contributed by atoms with Gasteiger partial charge in [0.1, 0.15) is 0 Å². The summed E-state index contributed by atoms with van der Waals surface area (Å²) < 4.78 is 0. The first-order chi connectivity index (χ1) is 8.59. The van der Waals surface area contributed by atoms with E-state index >= 15 is 0 Å². The number of hydrogen-bond acceptors (Lipinski definition) is 3. The Kier molecular flexibility index (Phi) is 4.20. The number of carboxylic acids is 1. The van der Waals surface area contributed by atoms with Crippen LogP contribution in [0.5, 0.6) is 0 Å². The summed E-state index contributed by atoms with van der Waals surface area (Å²) in [4.78, 5) is 25.5. The van der Waals surface area contributed by atoms with Crippen LogP contribution in [0.15, 0.2) is 0 Å². The van der Waals surface area contributed by atoms with Crippen LogP contribution < -0.4 is 0 Å². The van der Waals surface area contributed by atoms with E-state index in [1.165, 1.54) is 0 Å². The van der Waals surface area contributed by atoms with Crippen LogP contribution >= 0.6 is 11.8 Å². The molecule has 2 aliphatic heterocycles. The van der Waals surface area contributed by atoms with E-state index in [4.69, 9.17) is 0 Å². The van der Waals surface area contributed by atoms with E-state index < -0.39 is 11.4 Å². The standard InChI is InChI=1S/C13H21NO3S/c1-2-5-13(12(16)17)6-7-14(9-13)11(15)10-4-3-8-18-10/h10H,2-9H2,1H3,(H,16,17). The molecule has 0 aromatic rings. The van der Waals surface area contributed by atoms with E-state index in [-0.39, 0.29) is 11.2 Å². The number of carbonyl (C=O) groups excluding carboxylic acids is 1. The topological polar surface area (TPSA) is 57.6 Å². The van der Waals surface area contributed by atoms with E-state index in [0.717, 1.165) is 25.0 Å². The molecule has 2 saturated heterocycles. The van der Waals surface area contributed by atoms with Crippen molar-refractivity contribution in [3.8, 4) is 0 Å². The first kappa shape index (κ1) is 13.7. The number of likely N-dealkylation sites (tertiary alicyclic amines) is 1. The van der Waals surface area contributed by atoms with E-state index in [2.05, 4.69) is 0 Å². The van der Waals surface area contributed by atoms with Gasteiger partial charge in [-0.3, -0.25) is 9.59 Å². The number of carboxylic acid groups (broad SMARTS) is 1. The highest BCUT2D eigenvalue weighted by Gasteiger charge is 2.46. The Morgan fingerprint density at radius 2 is 2.28 bits per heavy atom. The van der Waals surface area contributed by atoms with Crippen molar-refractivity contribution < 1.29 is 14.7 Å². The molecule has 0 aromatic carbocycles. The lowest BCUT2D eigenvalue weighted by molar-refractivity contribution is -0.149. The van der Waals surface area contributed by atoms with Gasteiger partial charge in [0.25, 0.3) is 0 Å². The van der Waals surface area contributed by atoms with Crippen molar-refractivity contribution in [3.05, 3.63) is 0 Å². The van der Waals surface area contributed by atoms with Gasteiger partial charge in [0.05, 0.1) is 10.7 Å². The van der Waals surface area contributed by atoms with Gasteiger partial charge in [-0.1, -0.05) is 13.3 Å². The minimum absolute atomic E-state index is 0.0798. The van der Waals surface area contributed by atoms with Crippen LogP contribution in [-0.2, 0) is 9.59 Å². The molecule has 2 atom stereocenters. The Bertz CT molecular complexity index is 341. The van der Waals surface area contributed by atoms with Crippen molar-refractivity contribution in [2.75, 3.05) is 18.8 Å².